The van der Waals surface area contributed by atoms with Gasteiger partial charge >= 0.3 is 5.78 Å². The van der Waals surface area contributed by atoms with Crippen molar-refractivity contribution in [1.29, 1.82) is 0 Å². The first kappa shape index (κ1) is 7.85. The SMILES string of the molecule is [2H]C([2H])([2H])[n+]1c2ccccc2n2cc3n(c21)Cc1ncccc1-3. The Kier molecular flexibility index (Phi) is 1.29. The maximum atomic E-state index is 7.97. The molecule has 4 heteroatoms. The van der Waals surface area contributed by atoms with E-state index in [-0.39, 0.29) is 0 Å². The number of rotatable bonds is 0. The molecule has 1 aromatic carbocycles. The van der Waals surface area contributed by atoms with Crippen LogP contribution in [0.5, 0.6) is 0 Å². The minimum Gasteiger partial charge on any atom is -0.257 e. The zero-order valence-electron chi connectivity index (χ0n) is 13.6. The number of hydrogen-bond donors (Lipinski definition) is 0. The molecule has 96 valence electrons. The third-order valence-electron chi connectivity index (χ3n) is 4.06. The van der Waals surface area contributed by atoms with Crippen LogP contribution in [0.2, 0.25) is 0 Å². The predicted molar refractivity (Wildman–Crippen MR) is 76.4 cm³/mol. The molecule has 0 bridgehead atoms. The van der Waals surface area contributed by atoms with Crippen LogP contribution in [0.3, 0.4) is 0 Å². The van der Waals surface area contributed by atoms with Gasteiger partial charge in [0.1, 0.15) is 29.5 Å². The zero-order chi connectivity index (χ0) is 15.8. The van der Waals surface area contributed by atoms with E-state index in [1.807, 2.05) is 51.6 Å². The number of para-hydroxylation sites is 2. The quantitative estimate of drug-likeness (QED) is 0.394. The number of nitrogens with zero attached hydrogens (tertiary/aromatic N) is 4. The molecule has 3 aromatic heterocycles. The summed E-state index contributed by atoms with van der Waals surface area (Å²) in [5, 5.41) is 0. The van der Waals surface area contributed by atoms with Gasteiger partial charge in [-0.15, -0.1) is 0 Å². The lowest BCUT2D eigenvalue weighted by molar-refractivity contribution is -0.621. The molecule has 0 saturated carbocycles. The fourth-order valence-corrected chi connectivity index (χ4v) is 3.18. The van der Waals surface area contributed by atoms with E-state index in [1.54, 1.807) is 6.20 Å². The smallest absolute Gasteiger partial charge is 0.257 e. The highest BCUT2D eigenvalue weighted by Crippen LogP contribution is 2.33. The van der Waals surface area contributed by atoms with Crippen molar-refractivity contribution in [2.45, 2.75) is 6.54 Å². The average molecular weight is 264 g/mol. The predicted octanol–water partition coefficient (Wildman–Crippen LogP) is 2.14. The molecule has 0 N–H and O–H groups in total. The molecule has 0 radical (unpaired) electrons. The van der Waals surface area contributed by atoms with Gasteiger partial charge in [-0.2, -0.15) is 4.40 Å². The molecule has 1 aliphatic heterocycles. The maximum Gasteiger partial charge on any atom is 0.370 e. The number of pyridine rings is 1. The van der Waals surface area contributed by atoms with Crippen LogP contribution in [0, 0.1) is 0 Å². The van der Waals surface area contributed by atoms with E-state index in [9.17, 15) is 0 Å². The Labute approximate surface area is 119 Å². The van der Waals surface area contributed by atoms with Gasteiger partial charge in [-0.05, 0) is 24.3 Å². The van der Waals surface area contributed by atoms with Crippen LogP contribution < -0.4 is 4.57 Å². The zero-order valence-corrected chi connectivity index (χ0v) is 10.6. The number of imidazole rings is 2. The molecule has 0 unspecified atom stereocenters. The summed E-state index contributed by atoms with van der Waals surface area (Å²) >= 11 is 0. The summed E-state index contributed by atoms with van der Waals surface area (Å²) in [7, 11) is 0. The van der Waals surface area contributed by atoms with Crippen molar-refractivity contribution in [3.8, 4) is 11.3 Å². The second-order valence-electron chi connectivity index (χ2n) is 5.09. The molecule has 0 saturated heterocycles. The number of aromatic nitrogens is 4. The van der Waals surface area contributed by atoms with Crippen LogP contribution in [0.1, 0.15) is 9.81 Å². The van der Waals surface area contributed by atoms with Crippen LogP contribution in [0.25, 0.3) is 28.1 Å². The van der Waals surface area contributed by atoms with Crippen molar-refractivity contribution in [3.63, 3.8) is 0 Å². The van der Waals surface area contributed by atoms with Gasteiger partial charge in [-0.25, -0.2) is 9.13 Å². The number of aryl methyl sites for hydroxylation is 1. The molecule has 0 amide bonds. The molecule has 4 heterocycles. The molecule has 0 fully saturated rings. The monoisotopic (exact) mass is 264 g/mol. The van der Waals surface area contributed by atoms with Gasteiger partial charge in [0, 0.05) is 11.8 Å². The lowest BCUT2D eigenvalue weighted by atomic mass is 10.2. The summed E-state index contributed by atoms with van der Waals surface area (Å²) < 4.78 is 29.3. The van der Waals surface area contributed by atoms with E-state index in [4.69, 9.17) is 4.11 Å². The summed E-state index contributed by atoms with van der Waals surface area (Å²) in [6, 6.07) is 11.5. The number of fused-ring (bicyclic) bond motifs is 7. The van der Waals surface area contributed by atoms with Gasteiger partial charge in [-0.3, -0.25) is 4.98 Å². The molecule has 4 aromatic rings. The van der Waals surface area contributed by atoms with Crippen molar-refractivity contribution in [2.24, 2.45) is 6.98 Å². The standard InChI is InChI=1S/C16H13N4/c1-18-13-6-2-3-7-14(13)20-10-15-11-5-4-8-17-12(11)9-19(15)16(18)20/h2-8,10H,9H2,1H3/q+1/i1D3. The molecule has 0 spiro atoms. The van der Waals surface area contributed by atoms with Gasteiger partial charge in [0.15, 0.2) is 0 Å². The Morgan fingerprint density at radius 3 is 3.15 bits per heavy atom. The topological polar surface area (TPSA) is 26.1 Å². The van der Waals surface area contributed by atoms with Crippen LogP contribution in [0.15, 0.2) is 48.8 Å². The van der Waals surface area contributed by atoms with E-state index >= 15 is 0 Å². The van der Waals surface area contributed by atoms with Crippen LogP contribution in [0.4, 0.5) is 0 Å². The molecule has 0 atom stereocenters. The van der Waals surface area contributed by atoms with E-state index in [0.29, 0.717) is 17.8 Å². The Morgan fingerprint density at radius 2 is 2.20 bits per heavy atom. The van der Waals surface area contributed by atoms with E-state index in [1.165, 1.54) is 4.57 Å². The van der Waals surface area contributed by atoms with Crippen molar-refractivity contribution in [1.82, 2.24) is 14.0 Å². The van der Waals surface area contributed by atoms with Crippen LogP contribution >= 0.6 is 0 Å². The molecule has 0 aliphatic carbocycles. The largest absolute Gasteiger partial charge is 0.370 e. The lowest BCUT2D eigenvalue weighted by Gasteiger charge is -1.93. The summed E-state index contributed by atoms with van der Waals surface area (Å²) in [5.74, 6) is 0.666. The van der Waals surface area contributed by atoms with Crippen LogP contribution in [-0.2, 0) is 13.5 Å². The molecule has 1 aliphatic rings. The van der Waals surface area contributed by atoms with Gasteiger partial charge in [0.2, 0.25) is 0 Å². The van der Waals surface area contributed by atoms with Crippen molar-refractivity contribution >= 4 is 16.8 Å². The summed E-state index contributed by atoms with van der Waals surface area (Å²) in [6.45, 7) is -1.65. The highest BCUT2D eigenvalue weighted by Gasteiger charge is 2.31. The lowest BCUT2D eigenvalue weighted by Crippen LogP contribution is -2.29. The Bertz CT molecular complexity index is 1090. The van der Waals surface area contributed by atoms with E-state index < -0.39 is 6.98 Å². The second-order valence-corrected chi connectivity index (χ2v) is 5.09. The molecule has 5 rings (SSSR count). The Morgan fingerprint density at radius 1 is 1.25 bits per heavy atom. The first-order valence-corrected chi connectivity index (χ1v) is 6.55. The fraction of sp³-hybridized carbons (Fsp3) is 0.125. The third-order valence-corrected chi connectivity index (χ3v) is 4.06. The van der Waals surface area contributed by atoms with Gasteiger partial charge < -0.3 is 0 Å². The molecule has 4 nitrogen and oxygen atoms in total. The van der Waals surface area contributed by atoms with Crippen molar-refractivity contribution < 1.29 is 8.68 Å². The Hall–Kier alpha value is -2.62. The van der Waals surface area contributed by atoms with Gasteiger partial charge in [0.25, 0.3) is 0 Å². The normalized spacial score (nSPS) is 15.9. The highest BCUT2D eigenvalue weighted by atomic mass is 15.3. The van der Waals surface area contributed by atoms with Gasteiger partial charge in [0.05, 0.1) is 16.8 Å². The second kappa shape index (κ2) is 3.28. The molecular weight excluding hydrogens is 248 g/mol. The van der Waals surface area contributed by atoms with Crippen molar-refractivity contribution in [2.75, 3.05) is 0 Å². The molecular formula is C16H13N4+. The van der Waals surface area contributed by atoms with Crippen molar-refractivity contribution in [3.05, 3.63) is 54.5 Å². The van der Waals surface area contributed by atoms with E-state index in [0.717, 1.165) is 22.5 Å². The number of hydrogen-bond acceptors (Lipinski definition) is 1. The first-order valence-electron chi connectivity index (χ1n) is 8.05. The van der Waals surface area contributed by atoms with E-state index in [2.05, 4.69) is 4.98 Å². The molecule has 20 heavy (non-hydrogen) atoms. The summed E-state index contributed by atoms with van der Waals surface area (Å²) in [5.41, 5.74) is 4.66. The first-order chi connectivity index (χ1) is 11.1. The van der Waals surface area contributed by atoms with Crippen LogP contribution in [-0.4, -0.2) is 14.0 Å². The highest BCUT2D eigenvalue weighted by molar-refractivity contribution is 5.78. The third kappa shape index (κ3) is 1.04. The minimum absolute atomic E-state index is 0.592. The average Bonchev–Trinajstić information content (AvgIpc) is 3.13. The summed E-state index contributed by atoms with van der Waals surface area (Å²) in [4.78, 5) is 4.42. The number of benzene rings is 1. The Balaban J connectivity index is 1.97. The maximum absolute atomic E-state index is 7.97. The summed E-state index contributed by atoms with van der Waals surface area (Å²) in [6.07, 6.45) is 3.78. The minimum atomic E-state index is -2.24. The van der Waals surface area contributed by atoms with Gasteiger partial charge in [-0.1, -0.05) is 12.1 Å². The fourth-order valence-electron chi connectivity index (χ4n) is 3.18.